The third-order valence-corrected chi connectivity index (χ3v) is 5.71. The maximum absolute atomic E-state index is 13.1. The lowest BCUT2D eigenvalue weighted by Crippen LogP contribution is -2.40. The minimum Gasteiger partial charge on any atom is -0.497 e. The van der Waals surface area contributed by atoms with Crippen LogP contribution < -0.4 is 10.1 Å². The van der Waals surface area contributed by atoms with Gasteiger partial charge < -0.3 is 19.6 Å². The van der Waals surface area contributed by atoms with Gasteiger partial charge in [-0.15, -0.1) is 0 Å². The molecule has 1 atom stereocenters. The van der Waals surface area contributed by atoms with E-state index in [9.17, 15) is 9.90 Å². The number of hydrogen-bond donors (Lipinski definition) is 2. The summed E-state index contributed by atoms with van der Waals surface area (Å²) in [6.45, 7) is 2.16. The lowest BCUT2D eigenvalue weighted by atomic mass is 9.96. The first-order valence-electron chi connectivity index (χ1n) is 10.6. The van der Waals surface area contributed by atoms with E-state index in [1.807, 2.05) is 54.6 Å². The summed E-state index contributed by atoms with van der Waals surface area (Å²) >= 11 is 0. The van der Waals surface area contributed by atoms with E-state index in [1.54, 1.807) is 13.2 Å². The number of hydrogen-bond acceptors (Lipinski definition) is 5. The van der Waals surface area contributed by atoms with Crippen LogP contribution in [0.5, 0.6) is 5.75 Å². The van der Waals surface area contributed by atoms with E-state index in [4.69, 9.17) is 9.15 Å². The fourth-order valence-corrected chi connectivity index (χ4v) is 4.08. The summed E-state index contributed by atoms with van der Waals surface area (Å²) in [7, 11) is 1.65. The molecule has 0 bridgehead atoms. The average Bonchev–Trinajstić information content (AvgIpc) is 3.27. The summed E-state index contributed by atoms with van der Waals surface area (Å²) in [5.41, 5.74) is 2.83. The van der Waals surface area contributed by atoms with Crippen molar-refractivity contribution in [2.45, 2.75) is 26.0 Å². The van der Waals surface area contributed by atoms with Gasteiger partial charge in [0.2, 0.25) is 5.91 Å². The van der Waals surface area contributed by atoms with Gasteiger partial charge in [0.05, 0.1) is 19.6 Å². The Hall–Kier alpha value is -3.09. The molecule has 0 saturated carbocycles. The number of ether oxygens (including phenoxy) is 1. The predicted molar refractivity (Wildman–Crippen MR) is 120 cm³/mol. The highest BCUT2D eigenvalue weighted by atomic mass is 16.5. The molecule has 1 amide bonds. The van der Waals surface area contributed by atoms with Gasteiger partial charge in [-0.05, 0) is 55.3 Å². The highest BCUT2D eigenvalue weighted by Gasteiger charge is 2.27. The number of aliphatic hydroxyl groups is 1. The van der Waals surface area contributed by atoms with Crippen LogP contribution in [-0.2, 0) is 17.9 Å². The molecule has 1 aromatic heterocycles. The van der Waals surface area contributed by atoms with Crippen LogP contribution >= 0.6 is 0 Å². The topological polar surface area (TPSA) is 74.9 Å². The number of rotatable bonds is 7. The minimum absolute atomic E-state index is 0.0427. The Bertz CT molecular complexity index is 1010. The van der Waals surface area contributed by atoms with Gasteiger partial charge in [0, 0.05) is 17.8 Å². The molecule has 0 unspecified atom stereocenters. The normalized spacial score (nSPS) is 16.8. The van der Waals surface area contributed by atoms with E-state index in [0.717, 1.165) is 47.7 Å². The quantitative estimate of drug-likeness (QED) is 0.596. The zero-order chi connectivity index (χ0) is 21.6. The summed E-state index contributed by atoms with van der Waals surface area (Å²) in [5, 5.41) is 12.3. The number of aliphatic hydroxyl groups excluding tert-OH is 1. The Morgan fingerprint density at radius 2 is 1.90 bits per heavy atom. The molecular formula is C25H28N2O4. The van der Waals surface area contributed by atoms with E-state index in [-0.39, 0.29) is 18.4 Å². The van der Waals surface area contributed by atoms with Crippen LogP contribution in [0.3, 0.4) is 0 Å². The van der Waals surface area contributed by atoms with Crippen LogP contribution in [0.25, 0.3) is 11.1 Å². The number of amides is 1. The van der Waals surface area contributed by atoms with E-state index < -0.39 is 0 Å². The number of nitrogens with one attached hydrogen (secondary N) is 1. The summed E-state index contributed by atoms with van der Waals surface area (Å²) in [6, 6.07) is 19.4. The van der Waals surface area contributed by atoms with Gasteiger partial charge in [-0.1, -0.05) is 30.3 Å². The molecule has 6 nitrogen and oxygen atoms in total. The largest absolute Gasteiger partial charge is 0.497 e. The van der Waals surface area contributed by atoms with Gasteiger partial charge in [0.1, 0.15) is 23.9 Å². The molecule has 4 rings (SSSR count). The van der Waals surface area contributed by atoms with E-state index >= 15 is 0 Å². The highest BCUT2D eigenvalue weighted by Crippen LogP contribution is 2.30. The number of piperidine rings is 1. The van der Waals surface area contributed by atoms with Crippen LogP contribution in [0.2, 0.25) is 0 Å². The van der Waals surface area contributed by atoms with Crippen LogP contribution in [-0.4, -0.2) is 36.1 Å². The third-order valence-electron chi connectivity index (χ3n) is 5.71. The Morgan fingerprint density at radius 1 is 1.13 bits per heavy atom. The van der Waals surface area contributed by atoms with Crippen molar-refractivity contribution in [3.8, 4) is 16.9 Å². The highest BCUT2D eigenvalue weighted by molar-refractivity contribution is 5.97. The first-order chi connectivity index (χ1) is 15.2. The second-order valence-electron chi connectivity index (χ2n) is 7.86. The van der Waals surface area contributed by atoms with E-state index in [0.29, 0.717) is 18.8 Å². The number of furan rings is 1. The second-order valence-corrected chi connectivity index (χ2v) is 7.86. The fourth-order valence-electron chi connectivity index (χ4n) is 4.08. The van der Waals surface area contributed by atoms with Crippen molar-refractivity contribution in [1.29, 1.82) is 0 Å². The molecule has 1 saturated heterocycles. The zero-order valence-corrected chi connectivity index (χ0v) is 17.7. The van der Waals surface area contributed by atoms with Crippen molar-refractivity contribution in [2.24, 2.45) is 5.92 Å². The molecule has 0 aliphatic carbocycles. The predicted octanol–water partition coefficient (Wildman–Crippen LogP) is 4.30. The molecule has 1 aliphatic heterocycles. The van der Waals surface area contributed by atoms with Crippen molar-refractivity contribution < 1.29 is 19.1 Å². The van der Waals surface area contributed by atoms with Gasteiger partial charge in [-0.3, -0.25) is 9.69 Å². The number of para-hydroxylation sites is 1. The smallest absolute Gasteiger partial charge is 0.228 e. The molecule has 0 spiro atoms. The standard InChI is InChI=1S/C25H28N2O4/c1-30-20-10-8-18(9-11-20)23-6-2-3-7-24(23)26-25(29)19-5-4-14-27(15-19)16-21-12-13-22(17-28)31-21/h2-3,6-13,19,28H,4-5,14-17H2,1H3,(H,26,29)/t19-/m1/s1. The first-order valence-corrected chi connectivity index (χ1v) is 10.6. The summed E-state index contributed by atoms with van der Waals surface area (Å²) in [5.74, 6) is 2.15. The Morgan fingerprint density at radius 3 is 2.65 bits per heavy atom. The number of carbonyl (C=O) groups excluding carboxylic acids is 1. The zero-order valence-electron chi connectivity index (χ0n) is 17.7. The molecule has 3 aromatic rings. The minimum atomic E-state index is -0.0986. The maximum Gasteiger partial charge on any atom is 0.228 e. The lowest BCUT2D eigenvalue weighted by Gasteiger charge is -2.31. The van der Waals surface area contributed by atoms with Crippen LogP contribution in [0.4, 0.5) is 5.69 Å². The molecule has 2 aromatic carbocycles. The van der Waals surface area contributed by atoms with Crippen LogP contribution in [0, 0.1) is 5.92 Å². The fraction of sp³-hybridized carbons (Fsp3) is 0.320. The molecule has 2 heterocycles. The number of anilines is 1. The monoisotopic (exact) mass is 420 g/mol. The Labute approximate surface area is 182 Å². The van der Waals surface area contributed by atoms with Gasteiger partial charge in [-0.2, -0.15) is 0 Å². The van der Waals surface area contributed by atoms with E-state index in [2.05, 4.69) is 10.2 Å². The molecule has 6 heteroatoms. The van der Waals surface area contributed by atoms with Crippen molar-refractivity contribution >= 4 is 11.6 Å². The molecule has 0 radical (unpaired) electrons. The summed E-state index contributed by atoms with van der Waals surface area (Å²) < 4.78 is 10.9. The third kappa shape index (κ3) is 5.16. The Kier molecular flexibility index (Phi) is 6.70. The first kappa shape index (κ1) is 21.2. The lowest BCUT2D eigenvalue weighted by molar-refractivity contribution is -0.121. The van der Waals surface area contributed by atoms with Crippen molar-refractivity contribution in [2.75, 3.05) is 25.5 Å². The molecular weight excluding hydrogens is 392 g/mol. The SMILES string of the molecule is COc1ccc(-c2ccccc2NC(=O)[C@@H]2CCCN(Cc3ccc(CO)o3)C2)cc1. The number of nitrogens with zero attached hydrogens (tertiary/aromatic N) is 1. The number of carbonyl (C=O) groups is 1. The number of benzene rings is 2. The summed E-state index contributed by atoms with van der Waals surface area (Å²) in [4.78, 5) is 15.3. The molecule has 162 valence electrons. The van der Waals surface area contributed by atoms with Gasteiger partial charge in [-0.25, -0.2) is 0 Å². The molecule has 1 fully saturated rings. The molecule has 31 heavy (non-hydrogen) atoms. The van der Waals surface area contributed by atoms with Gasteiger partial charge in [0.15, 0.2) is 0 Å². The number of likely N-dealkylation sites (tertiary alicyclic amines) is 1. The molecule has 1 aliphatic rings. The van der Waals surface area contributed by atoms with Crippen molar-refractivity contribution in [3.63, 3.8) is 0 Å². The van der Waals surface area contributed by atoms with Crippen LogP contribution in [0.15, 0.2) is 65.1 Å². The van der Waals surface area contributed by atoms with Crippen molar-refractivity contribution in [3.05, 3.63) is 72.2 Å². The maximum atomic E-state index is 13.1. The molecule has 2 N–H and O–H groups in total. The average molecular weight is 421 g/mol. The number of methoxy groups -OCH3 is 1. The van der Waals surface area contributed by atoms with Gasteiger partial charge >= 0.3 is 0 Å². The summed E-state index contributed by atoms with van der Waals surface area (Å²) in [6.07, 6.45) is 1.83. The van der Waals surface area contributed by atoms with Crippen molar-refractivity contribution in [1.82, 2.24) is 4.90 Å². The van der Waals surface area contributed by atoms with E-state index in [1.165, 1.54) is 0 Å². The van der Waals surface area contributed by atoms with Gasteiger partial charge in [0.25, 0.3) is 0 Å². The Balaban J connectivity index is 1.43. The van der Waals surface area contributed by atoms with Crippen LogP contribution in [0.1, 0.15) is 24.4 Å². The second kappa shape index (κ2) is 9.81.